The van der Waals surface area contributed by atoms with Crippen LogP contribution in [0.3, 0.4) is 0 Å². The number of amides is 1. The summed E-state index contributed by atoms with van der Waals surface area (Å²) >= 11 is 0. The highest BCUT2D eigenvalue weighted by molar-refractivity contribution is 5.92. The highest BCUT2D eigenvalue weighted by Gasteiger charge is 2.34. The number of carboxylic acids is 1. The number of carbonyl (C=O) groups is 2. The van der Waals surface area contributed by atoms with Crippen LogP contribution in [0.2, 0.25) is 0 Å². The third-order valence-electron chi connectivity index (χ3n) is 2.66. The number of aromatic nitrogens is 1. The summed E-state index contributed by atoms with van der Waals surface area (Å²) in [7, 11) is 0. The van der Waals surface area contributed by atoms with E-state index in [1.54, 1.807) is 0 Å². The standard InChI is InChI=1S/C10H12N2O4/c13-9(8-11-4-6-16-8)12-5-2-1-3-7(12)10(14)15/h4,6-7H,1-3,5H2,(H,14,15). The average Bonchev–Trinajstić information content (AvgIpc) is 2.81. The van der Waals surface area contributed by atoms with E-state index < -0.39 is 17.9 Å². The smallest absolute Gasteiger partial charge is 0.326 e. The van der Waals surface area contributed by atoms with Crippen LogP contribution in [0.15, 0.2) is 16.9 Å². The zero-order chi connectivity index (χ0) is 11.5. The first-order chi connectivity index (χ1) is 7.70. The van der Waals surface area contributed by atoms with Crippen LogP contribution in [0.5, 0.6) is 0 Å². The molecule has 1 fully saturated rings. The predicted octanol–water partition coefficient (Wildman–Crippen LogP) is 0.754. The first-order valence-electron chi connectivity index (χ1n) is 5.13. The lowest BCUT2D eigenvalue weighted by Gasteiger charge is -2.31. The van der Waals surface area contributed by atoms with Crippen molar-refractivity contribution in [3.63, 3.8) is 0 Å². The van der Waals surface area contributed by atoms with Gasteiger partial charge in [-0.1, -0.05) is 0 Å². The number of aliphatic carboxylic acids is 1. The number of rotatable bonds is 2. The summed E-state index contributed by atoms with van der Waals surface area (Å²) in [5, 5.41) is 9.01. The van der Waals surface area contributed by atoms with Gasteiger partial charge < -0.3 is 14.4 Å². The molecular formula is C10H12N2O4. The lowest BCUT2D eigenvalue weighted by molar-refractivity contribution is -0.143. The fraction of sp³-hybridized carbons (Fsp3) is 0.500. The van der Waals surface area contributed by atoms with Crippen molar-refractivity contribution in [1.82, 2.24) is 9.88 Å². The van der Waals surface area contributed by atoms with Crippen LogP contribution in [0.25, 0.3) is 0 Å². The largest absolute Gasteiger partial charge is 0.480 e. The Morgan fingerprint density at radius 2 is 2.31 bits per heavy atom. The van der Waals surface area contributed by atoms with Gasteiger partial charge in [-0.3, -0.25) is 4.79 Å². The van der Waals surface area contributed by atoms with Gasteiger partial charge in [0.15, 0.2) is 0 Å². The fourth-order valence-corrected chi connectivity index (χ4v) is 1.88. The van der Waals surface area contributed by atoms with Gasteiger partial charge in [-0.2, -0.15) is 0 Å². The Labute approximate surface area is 91.9 Å². The maximum atomic E-state index is 11.9. The zero-order valence-electron chi connectivity index (χ0n) is 8.63. The third-order valence-corrected chi connectivity index (χ3v) is 2.66. The van der Waals surface area contributed by atoms with Crippen molar-refractivity contribution in [3.8, 4) is 0 Å². The number of nitrogens with zero attached hydrogens (tertiary/aromatic N) is 2. The predicted molar refractivity (Wildman–Crippen MR) is 52.8 cm³/mol. The maximum Gasteiger partial charge on any atom is 0.326 e. The van der Waals surface area contributed by atoms with Gasteiger partial charge in [0.25, 0.3) is 5.89 Å². The summed E-state index contributed by atoms with van der Waals surface area (Å²) in [6.45, 7) is 0.443. The van der Waals surface area contributed by atoms with Gasteiger partial charge in [0, 0.05) is 6.54 Å². The lowest BCUT2D eigenvalue weighted by atomic mass is 10.0. The summed E-state index contributed by atoms with van der Waals surface area (Å²) in [5.41, 5.74) is 0. The molecule has 1 aromatic rings. The normalized spacial score (nSPS) is 20.8. The summed E-state index contributed by atoms with van der Waals surface area (Å²) < 4.78 is 4.88. The van der Waals surface area contributed by atoms with Crippen LogP contribution in [-0.4, -0.2) is 39.5 Å². The van der Waals surface area contributed by atoms with Crippen molar-refractivity contribution < 1.29 is 19.1 Å². The van der Waals surface area contributed by atoms with Crippen LogP contribution in [0, 0.1) is 0 Å². The number of piperidine rings is 1. The molecule has 1 unspecified atom stereocenters. The zero-order valence-corrected chi connectivity index (χ0v) is 8.63. The van der Waals surface area contributed by atoms with Gasteiger partial charge in [-0.05, 0) is 19.3 Å². The topological polar surface area (TPSA) is 83.6 Å². The van der Waals surface area contributed by atoms with E-state index >= 15 is 0 Å². The molecular weight excluding hydrogens is 212 g/mol. The Bertz CT molecular complexity index is 388. The van der Waals surface area contributed by atoms with Crippen molar-refractivity contribution in [2.75, 3.05) is 6.54 Å². The second-order valence-electron chi connectivity index (χ2n) is 3.69. The highest BCUT2D eigenvalue weighted by Crippen LogP contribution is 2.19. The molecule has 0 bridgehead atoms. The third kappa shape index (κ3) is 1.91. The van der Waals surface area contributed by atoms with Gasteiger partial charge in [0.05, 0.1) is 6.20 Å². The quantitative estimate of drug-likeness (QED) is 0.801. The Hall–Kier alpha value is -1.85. The van der Waals surface area contributed by atoms with Gasteiger partial charge in [0.2, 0.25) is 0 Å². The van der Waals surface area contributed by atoms with Gasteiger partial charge in [-0.15, -0.1) is 0 Å². The van der Waals surface area contributed by atoms with Crippen LogP contribution >= 0.6 is 0 Å². The minimum absolute atomic E-state index is 0.0480. The molecule has 2 rings (SSSR count). The summed E-state index contributed by atoms with van der Waals surface area (Å²) in [4.78, 5) is 27.9. The molecule has 16 heavy (non-hydrogen) atoms. The van der Waals surface area contributed by atoms with Crippen molar-refractivity contribution in [3.05, 3.63) is 18.4 Å². The molecule has 1 aromatic heterocycles. The van der Waals surface area contributed by atoms with Crippen LogP contribution in [0.1, 0.15) is 29.9 Å². The maximum absolute atomic E-state index is 11.9. The SMILES string of the molecule is O=C(O)C1CCCCN1C(=O)c1ncco1. The number of likely N-dealkylation sites (tertiary alicyclic amines) is 1. The summed E-state index contributed by atoms with van der Waals surface area (Å²) in [5.74, 6) is -1.47. The Kier molecular flexibility index (Phi) is 2.89. The summed E-state index contributed by atoms with van der Waals surface area (Å²) in [6.07, 6.45) is 4.80. The first kappa shape index (κ1) is 10.7. The van der Waals surface area contributed by atoms with Gasteiger partial charge >= 0.3 is 11.9 Å². The number of hydrogen-bond donors (Lipinski definition) is 1. The number of oxazole rings is 1. The molecule has 1 N–H and O–H groups in total. The molecule has 0 aromatic carbocycles. The molecule has 0 spiro atoms. The molecule has 6 nitrogen and oxygen atoms in total. The minimum atomic E-state index is -0.973. The van der Waals surface area contributed by atoms with E-state index in [4.69, 9.17) is 9.52 Å². The van der Waals surface area contributed by atoms with Gasteiger partial charge in [0.1, 0.15) is 12.3 Å². The molecule has 1 saturated heterocycles. The second kappa shape index (κ2) is 4.34. The number of hydrogen-bond acceptors (Lipinski definition) is 4. The molecule has 6 heteroatoms. The van der Waals surface area contributed by atoms with E-state index in [0.717, 1.165) is 12.8 Å². The lowest BCUT2D eigenvalue weighted by Crippen LogP contribution is -2.48. The first-order valence-corrected chi connectivity index (χ1v) is 5.13. The molecule has 1 aliphatic heterocycles. The number of carboxylic acid groups (broad SMARTS) is 1. The number of carbonyl (C=O) groups excluding carboxylic acids is 1. The van der Waals surface area contributed by atoms with Crippen LogP contribution in [0.4, 0.5) is 0 Å². The molecule has 1 atom stereocenters. The highest BCUT2D eigenvalue weighted by atomic mass is 16.4. The van der Waals surface area contributed by atoms with Crippen molar-refractivity contribution >= 4 is 11.9 Å². The molecule has 1 aliphatic rings. The van der Waals surface area contributed by atoms with E-state index in [1.807, 2.05) is 0 Å². The Balaban J connectivity index is 2.17. The van der Waals surface area contributed by atoms with Gasteiger partial charge in [-0.25, -0.2) is 9.78 Å². The summed E-state index contributed by atoms with van der Waals surface area (Å²) in [6, 6.07) is -0.756. The molecule has 2 heterocycles. The van der Waals surface area contributed by atoms with E-state index in [9.17, 15) is 9.59 Å². The van der Waals surface area contributed by atoms with Crippen molar-refractivity contribution in [2.45, 2.75) is 25.3 Å². The molecule has 0 radical (unpaired) electrons. The fourth-order valence-electron chi connectivity index (χ4n) is 1.88. The molecule has 86 valence electrons. The van der Waals surface area contributed by atoms with Crippen molar-refractivity contribution in [2.24, 2.45) is 0 Å². The Morgan fingerprint density at radius 3 is 2.94 bits per heavy atom. The molecule has 0 aliphatic carbocycles. The van der Waals surface area contributed by atoms with E-state index in [0.29, 0.717) is 13.0 Å². The molecule has 0 saturated carbocycles. The average molecular weight is 224 g/mol. The minimum Gasteiger partial charge on any atom is -0.480 e. The Morgan fingerprint density at radius 1 is 1.50 bits per heavy atom. The van der Waals surface area contributed by atoms with Crippen LogP contribution in [-0.2, 0) is 4.79 Å². The monoisotopic (exact) mass is 224 g/mol. The van der Waals surface area contributed by atoms with Crippen molar-refractivity contribution in [1.29, 1.82) is 0 Å². The van der Waals surface area contributed by atoms with E-state index in [-0.39, 0.29) is 5.89 Å². The van der Waals surface area contributed by atoms with E-state index in [1.165, 1.54) is 17.4 Å². The molecule has 1 amide bonds. The second-order valence-corrected chi connectivity index (χ2v) is 3.69. The van der Waals surface area contributed by atoms with E-state index in [2.05, 4.69) is 4.98 Å². The van der Waals surface area contributed by atoms with Crippen LogP contribution < -0.4 is 0 Å².